The fourth-order valence-corrected chi connectivity index (χ4v) is 4.28. The third-order valence-corrected chi connectivity index (χ3v) is 5.84. The van der Waals surface area contributed by atoms with Crippen LogP contribution in [0.2, 0.25) is 0 Å². The first-order valence-electron chi connectivity index (χ1n) is 9.33. The van der Waals surface area contributed by atoms with Crippen molar-refractivity contribution in [3.63, 3.8) is 0 Å². The van der Waals surface area contributed by atoms with Crippen molar-refractivity contribution in [1.29, 1.82) is 0 Å². The van der Waals surface area contributed by atoms with Crippen molar-refractivity contribution in [2.24, 2.45) is 14.1 Å². The molecule has 0 saturated carbocycles. The van der Waals surface area contributed by atoms with Gasteiger partial charge in [0.1, 0.15) is 0 Å². The third-order valence-electron chi connectivity index (χ3n) is 5.84. The Bertz CT molecular complexity index is 1590. The predicted molar refractivity (Wildman–Crippen MR) is 116 cm³/mol. The zero-order chi connectivity index (χ0) is 19.7. The van der Waals surface area contributed by atoms with Crippen molar-refractivity contribution in [2.45, 2.75) is 13.8 Å². The van der Waals surface area contributed by atoms with Crippen LogP contribution in [0.4, 0.5) is 0 Å². The van der Waals surface area contributed by atoms with Crippen LogP contribution in [0.1, 0.15) is 11.1 Å². The number of benzene rings is 3. The quantitative estimate of drug-likeness (QED) is 0.382. The molecule has 0 amide bonds. The van der Waals surface area contributed by atoms with Crippen LogP contribution in [0.15, 0.2) is 58.1 Å². The third kappa shape index (κ3) is 2.12. The minimum atomic E-state index is 0.00134. The molecule has 0 aliphatic rings. The molecular formula is C24H20N2O2. The van der Waals surface area contributed by atoms with Crippen LogP contribution in [0.5, 0.6) is 0 Å². The lowest BCUT2D eigenvalue weighted by Gasteiger charge is -2.15. The van der Waals surface area contributed by atoms with Gasteiger partial charge in [0.25, 0.3) is 0 Å². The van der Waals surface area contributed by atoms with Gasteiger partial charge in [-0.05, 0) is 55.8 Å². The zero-order valence-corrected chi connectivity index (χ0v) is 16.3. The Hall–Kier alpha value is -3.40. The molecule has 4 nitrogen and oxygen atoms in total. The molecule has 3 aromatic carbocycles. The van der Waals surface area contributed by atoms with Gasteiger partial charge >= 0.3 is 0 Å². The molecule has 28 heavy (non-hydrogen) atoms. The van der Waals surface area contributed by atoms with Crippen molar-refractivity contribution in [3.8, 4) is 0 Å². The van der Waals surface area contributed by atoms with E-state index in [0.29, 0.717) is 21.5 Å². The normalized spacial score (nSPS) is 11.9. The van der Waals surface area contributed by atoms with E-state index in [4.69, 9.17) is 0 Å². The lowest BCUT2D eigenvalue weighted by atomic mass is 10.0. The van der Waals surface area contributed by atoms with Crippen molar-refractivity contribution in [1.82, 2.24) is 9.13 Å². The molecule has 0 bridgehead atoms. The molecule has 5 aromatic rings. The number of hydrogen-bond donors (Lipinski definition) is 0. The number of nitrogens with zero attached hydrogens (tertiary/aromatic N) is 2. The van der Waals surface area contributed by atoms with Crippen LogP contribution in [0.3, 0.4) is 0 Å². The van der Waals surface area contributed by atoms with E-state index in [9.17, 15) is 9.59 Å². The minimum Gasteiger partial charge on any atom is -0.343 e. The van der Waals surface area contributed by atoms with Gasteiger partial charge in [-0.15, -0.1) is 0 Å². The van der Waals surface area contributed by atoms with Crippen molar-refractivity contribution in [2.75, 3.05) is 0 Å². The summed E-state index contributed by atoms with van der Waals surface area (Å²) in [5.41, 5.74) is 5.46. The first-order valence-corrected chi connectivity index (χ1v) is 9.33. The van der Waals surface area contributed by atoms with Crippen LogP contribution >= 0.6 is 0 Å². The molecule has 0 atom stereocenters. The molecule has 4 heteroatoms. The van der Waals surface area contributed by atoms with E-state index in [0.717, 1.165) is 33.2 Å². The Balaban J connectivity index is 2.08. The summed E-state index contributed by atoms with van der Waals surface area (Å²) >= 11 is 0. The highest BCUT2D eigenvalue weighted by Crippen LogP contribution is 2.25. The van der Waals surface area contributed by atoms with Gasteiger partial charge in [0.2, 0.25) is 0 Å². The van der Waals surface area contributed by atoms with Crippen LogP contribution < -0.4 is 10.9 Å². The number of aryl methyl sites for hydroxylation is 4. The Kier molecular flexibility index (Phi) is 3.32. The second-order valence-corrected chi connectivity index (χ2v) is 7.70. The van der Waals surface area contributed by atoms with E-state index in [2.05, 4.69) is 0 Å². The summed E-state index contributed by atoms with van der Waals surface area (Å²) in [5.74, 6) is 0. The molecule has 0 spiro atoms. The topological polar surface area (TPSA) is 44.0 Å². The first kappa shape index (κ1) is 16.8. The van der Waals surface area contributed by atoms with Gasteiger partial charge in [-0.1, -0.05) is 17.7 Å². The van der Waals surface area contributed by atoms with Gasteiger partial charge in [-0.2, -0.15) is 0 Å². The second kappa shape index (κ2) is 5.55. The molecule has 5 rings (SSSR count). The molecule has 138 valence electrons. The number of rotatable bonds is 0. The Morgan fingerprint density at radius 1 is 0.536 bits per heavy atom. The van der Waals surface area contributed by atoms with Gasteiger partial charge < -0.3 is 9.13 Å². The van der Waals surface area contributed by atoms with E-state index in [1.807, 2.05) is 85.6 Å². The summed E-state index contributed by atoms with van der Waals surface area (Å²) in [6.45, 7) is 4.00. The molecular weight excluding hydrogens is 348 g/mol. The number of pyridine rings is 2. The Morgan fingerprint density at radius 3 is 1.68 bits per heavy atom. The van der Waals surface area contributed by atoms with E-state index >= 15 is 0 Å². The summed E-state index contributed by atoms with van der Waals surface area (Å²) in [6.07, 6.45) is 0. The van der Waals surface area contributed by atoms with E-state index < -0.39 is 0 Å². The lowest BCUT2D eigenvalue weighted by molar-refractivity contribution is 0.993. The molecule has 0 saturated heterocycles. The molecule has 2 aromatic heterocycles. The maximum Gasteiger partial charge on any atom is 0.197 e. The molecule has 0 fully saturated rings. The van der Waals surface area contributed by atoms with Crippen LogP contribution in [-0.4, -0.2) is 9.13 Å². The number of aromatic nitrogens is 2. The highest BCUT2D eigenvalue weighted by atomic mass is 16.1. The Labute approximate surface area is 161 Å². The zero-order valence-electron chi connectivity index (χ0n) is 16.3. The predicted octanol–water partition coefficient (Wildman–Crippen LogP) is 4.31. The molecule has 0 N–H and O–H groups in total. The maximum atomic E-state index is 13.2. The molecule has 2 heterocycles. The molecule has 0 unspecified atom stereocenters. The summed E-state index contributed by atoms with van der Waals surface area (Å²) in [4.78, 5) is 26.4. The highest BCUT2D eigenvalue weighted by Gasteiger charge is 2.14. The number of fused-ring (bicyclic) bond motifs is 4. The Morgan fingerprint density at radius 2 is 1.00 bits per heavy atom. The lowest BCUT2D eigenvalue weighted by Crippen LogP contribution is -2.13. The average molecular weight is 368 g/mol. The van der Waals surface area contributed by atoms with Gasteiger partial charge in [-0.3, -0.25) is 9.59 Å². The van der Waals surface area contributed by atoms with Crippen LogP contribution in [-0.2, 0) is 14.1 Å². The van der Waals surface area contributed by atoms with Gasteiger partial charge in [0.05, 0.1) is 22.1 Å². The van der Waals surface area contributed by atoms with E-state index in [1.165, 1.54) is 0 Å². The summed E-state index contributed by atoms with van der Waals surface area (Å²) in [7, 11) is 3.89. The van der Waals surface area contributed by atoms with Gasteiger partial charge in [0.15, 0.2) is 10.9 Å². The number of hydrogen-bond acceptors (Lipinski definition) is 2. The van der Waals surface area contributed by atoms with Gasteiger partial charge in [0, 0.05) is 35.6 Å². The highest BCUT2D eigenvalue weighted by molar-refractivity contribution is 6.03. The monoisotopic (exact) mass is 368 g/mol. The summed E-state index contributed by atoms with van der Waals surface area (Å²) < 4.78 is 4.02. The van der Waals surface area contributed by atoms with Crippen molar-refractivity contribution < 1.29 is 0 Å². The van der Waals surface area contributed by atoms with Crippen LogP contribution in [0, 0.1) is 13.8 Å². The van der Waals surface area contributed by atoms with E-state index in [1.54, 1.807) is 0 Å². The van der Waals surface area contributed by atoms with Crippen LogP contribution in [0.25, 0.3) is 43.6 Å². The molecule has 0 aliphatic heterocycles. The second-order valence-electron chi connectivity index (χ2n) is 7.70. The fourth-order valence-electron chi connectivity index (χ4n) is 4.28. The first-order chi connectivity index (χ1) is 13.4. The van der Waals surface area contributed by atoms with Gasteiger partial charge in [-0.25, -0.2) is 0 Å². The minimum absolute atomic E-state index is 0.00134. The largest absolute Gasteiger partial charge is 0.343 e. The maximum absolute atomic E-state index is 13.2. The summed E-state index contributed by atoms with van der Waals surface area (Å²) in [6, 6.07) is 15.5. The SMILES string of the molecule is Cc1ccc2c(c1)c(=O)c1cc3c(cc1n2C)c(=O)c1ccc(C)cc1n3C. The fraction of sp³-hybridized carbons (Fsp3) is 0.167. The molecule has 0 radical (unpaired) electrons. The average Bonchev–Trinajstić information content (AvgIpc) is 2.69. The van der Waals surface area contributed by atoms with Crippen molar-refractivity contribution in [3.05, 3.63) is 80.1 Å². The molecule has 0 aliphatic carbocycles. The smallest absolute Gasteiger partial charge is 0.197 e. The summed E-state index contributed by atoms with van der Waals surface area (Å²) in [5, 5.41) is 2.67. The van der Waals surface area contributed by atoms with Crippen molar-refractivity contribution >= 4 is 43.6 Å². The standard InChI is InChI=1S/C24H20N2O2/c1-13-6-8-19-16(9-13)24(28)18-12-22-17(11-21(18)25(19)3)23(27)15-7-5-14(2)10-20(15)26(22)4/h5-12H,1-4H3. The van der Waals surface area contributed by atoms with E-state index in [-0.39, 0.29) is 10.9 Å².